The molecular formula is C18H17BrFNO2S. The molecule has 0 saturated carbocycles. The van der Waals surface area contributed by atoms with Crippen LogP contribution in [0.15, 0.2) is 64.5 Å². The maximum Gasteiger partial charge on any atom is 0.254 e. The lowest BCUT2D eigenvalue weighted by Gasteiger charge is -2.22. The van der Waals surface area contributed by atoms with Crippen molar-refractivity contribution in [2.45, 2.75) is 11.4 Å². The molecule has 0 spiro atoms. The smallest absolute Gasteiger partial charge is 0.254 e. The summed E-state index contributed by atoms with van der Waals surface area (Å²) in [6.07, 6.45) is 3.18. The maximum absolute atomic E-state index is 14.0. The van der Waals surface area contributed by atoms with E-state index in [2.05, 4.69) is 22.5 Å². The van der Waals surface area contributed by atoms with Crippen molar-refractivity contribution >= 4 is 32.6 Å². The molecule has 0 bridgehead atoms. The van der Waals surface area contributed by atoms with Gasteiger partial charge in [-0.3, -0.25) is 9.00 Å². The fourth-order valence-corrected chi connectivity index (χ4v) is 3.14. The van der Waals surface area contributed by atoms with Gasteiger partial charge < -0.3 is 4.90 Å². The second-order valence-electron chi connectivity index (χ2n) is 5.19. The second kappa shape index (κ2) is 8.35. The van der Waals surface area contributed by atoms with Gasteiger partial charge in [0.15, 0.2) is 0 Å². The molecule has 24 heavy (non-hydrogen) atoms. The van der Waals surface area contributed by atoms with Gasteiger partial charge in [-0.1, -0.05) is 22.0 Å². The van der Waals surface area contributed by atoms with Gasteiger partial charge in [0, 0.05) is 50.6 Å². The number of hydrogen-bond donors (Lipinski definition) is 0. The average Bonchev–Trinajstić information content (AvgIpc) is 2.57. The van der Waals surface area contributed by atoms with E-state index in [-0.39, 0.29) is 18.3 Å². The standard InChI is InChI=1S/C18H17BrFNO2S/c1-3-10-21(12-14-11-15(19)6-9-17(14)20)18(22)13-4-7-16(8-5-13)24(2)23/h3-9,11H,1,10,12H2,2H3. The molecule has 1 unspecified atom stereocenters. The first-order valence-electron chi connectivity index (χ1n) is 7.20. The molecule has 0 heterocycles. The van der Waals surface area contributed by atoms with Crippen molar-refractivity contribution < 1.29 is 13.4 Å². The highest BCUT2D eigenvalue weighted by molar-refractivity contribution is 9.10. The molecule has 1 amide bonds. The summed E-state index contributed by atoms with van der Waals surface area (Å²) in [5, 5.41) is 0. The molecule has 2 rings (SSSR count). The van der Waals surface area contributed by atoms with Gasteiger partial charge >= 0.3 is 0 Å². The van der Waals surface area contributed by atoms with E-state index in [1.54, 1.807) is 48.7 Å². The number of carbonyl (C=O) groups excluding carboxylic acids is 1. The molecule has 2 aromatic rings. The van der Waals surface area contributed by atoms with Crippen molar-refractivity contribution in [2.24, 2.45) is 0 Å². The molecule has 0 fully saturated rings. The predicted octanol–water partition coefficient (Wildman–Crippen LogP) is 4.15. The van der Waals surface area contributed by atoms with Crippen LogP contribution in [0.2, 0.25) is 0 Å². The Balaban J connectivity index is 2.25. The van der Waals surface area contributed by atoms with Crippen molar-refractivity contribution in [3.63, 3.8) is 0 Å². The third kappa shape index (κ3) is 4.61. The fraction of sp³-hybridized carbons (Fsp3) is 0.167. The first-order valence-corrected chi connectivity index (χ1v) is 9.55. The molecular weight excluding hydrogens is 393 g/mol. The monoisotopic (exact) mass is 409 g/mol. The molecule has 0 aliphatic carbocycles. The number of halogens is 2. The van der Waals surface area contributed by atoms with Gasteiger partial charge in [0.1, 0.15) is 5.82 Å². The lowest BCUT2D eigenvalue weighted by Crippen LogP contribution is -2.31. The Hall–Kier alpha value is -1.79. The van der Waals surface area contributed by atoms with Crippen LogP contribution < -0.4 is 0 Å². The van der Waals surface area contributed by atoms with Gasteiger partial charge in [0.2, 0.25) is 0 Å². The Kier molecular flexibility index (Phi) is 6.45. The van der Waals surface area contributed by atoms with Crippen LogP contribution >= 0.6 is 15.9 Å². The summed E-state index contributed by atoms with van der Waals surface area (Å²) >= 11 is 3.31. The number of benzene rings is 2. The Labute approximate surface area is 151 Å². The largest absolute Gasteiger partial charge is 0.330 e. The lowest BCUT2D eigenvalue weighted by atomic mass is 10.1. The average molecular weight is 410 g/mol. The molecule has 126 valence electrons. The number of carbonyl (C=O) groups is 1. The minimum Gasteiger partial charge on any atom is -0.330 e. The first-order chi connectivity index (χ1) is 11.4. The van der Waals surface area contributed by atoms with Gasteiger partial charge in [0.25, 0.3) is 5.91 Å². The summed E-state index contributed by atoms with van der Waals surface area (Å²) in [5.74, 6) is -0.598. The van der Waals surface area contributed by atoms with Crippen LogP contribution in [0.3, 0.4) is 0 Å². The molecule has 0 aliphatic rings. The molecule has 0 aromatic heterocycles. The highest BCUT2D eigenvalue weighted by Gasteiger charge is 2.17. The quantitative estimate of drug-likeness (QED) is 0.671. The minimum atomic E-state index is -1.10. The van der Waals surface area contributed by atoms with E-state index in [4.69, 9.17) is 0 Å². The molecule has 0 N–H and O–H groups in total. The number of rotatable bonds is 6. The third-order valence-corrected chi connectivity index (χ3v) is 4.87. The van der Waals surface area contributed by atoms with Crippen LogP contribution in [0.5, 0.6) is 0 Å². The Morgan fingerprint density at radius 2 is 1.96 bits per heavy atom. The topological polar surface area (TPSA) is 37.4 Å². The highest BCUT2D eigenvalue weighted by Crippen LogP contribution is 2.19. The normalized spacial score (nSPS) is 11.8. The summed E-state index contributed by atoms with van der Waals surface area (Å²) < 4.78 is 26.1. The van der Waals surface area contributed by atoms with Crippen molar-refractivity contribution in [3.8, 4) is 0 Å². The summed E-state index contributed by atoms with van der Waals surface area (Å²) in [6, 6.07) is 11.2. The molecule has 0 radical (unpaired) electrons. The highest BCUT2D eigenvalue weighted by atomic mass is 79.9. The molecule has 6 heteroatoms. The van der Waals surface area contributed by atoms with E-state index in [1.807, 2.05) is 0 Å². The second-order valence-corrected chi connectivity index (χ2v) is 7.48. The molecule has 3 nitrogen and oxygen atoms in total. The molecule has 0 aliphatic heterocycles. The van der Waals surface area contributed by atoms with E-state index in [0.29, 0.717) is 22.6 Å². The number of nitrogens with zero attached hydrogens (tertiary/aromatic N) is 1. The summed E-state index contributed by atoms with van der Waals surface area (Å²) in [6.45, 7) is 4.09. The molecule has 2 aromatic carbocycles. The summed E-state index contributed by atoms with van der Waals surface area (Å²) in [4.78, 5) is 14.8. The summed E-state index contributed by atoms with van der Waals surface area (Å²) in [7, 11) is -1.10. The van der Waals surface area contributed by atoms with E-state index >= 15 is 0 Å². The first kappa shape index (κ1) is 18.5. The van der Waals surface area contributed by atoms with Crippen LogP contribution in [-0.4, -0.2) is 27.8 Å². The van der Waals surface area contributed by atoms with Gasteiger partial charge in [0.05, 0.1) is 0 Å². The predicted molar refractivity (Wildman–Crippen MR) is 97.8 cm³/mol. The van der Waals surface area contributed by atoms with Gasteiger partial charge in [-0.2, -0.15) is 0 Å². The third-order valence-electron chi connectivity index (χ3n) is 3.44. The van der Waals surface area contributed by atoms with Gasteiger partial charge in [-0.15, -0.1) is 6.58 Å². The molecule has 1 atom stereocenters. The SMILES string of the molecule is C=CCN(Cc1cc(Br)ccc1F)C(=O)c1ccc(S(C)=O)cc1. The molecule has 0 saturated heterocycles. The van der Waals surface area contributed by atoms with Crippen LogP contribution in [0.4, 0.5) is 4.39 Å². The number of hydrogen-bond acceptors (Lipinski definition) is 2. The van der Waals surface area contributed by atoms with Crippen molar-refractivity contribution in [1.82, 2.24) is 4.90 Å². The van der Waals surface area contributed by atoms with E-state index in [9.17, 15) is 13.4 Å². The zero-order chi connectivity index (χ0) is 17.7. The zero-order valence-corrected chi connectivity index (χ0v) is 15.6. The zero-order valence-electron chi connectivity index (χ0n) is 13.2. The van der Waals surface area contributed by atoms with Crippen molar-refractivity contribution in [1.29, 1.82) is 0 Å². The van der Waals surface area contributed by atoms with Crippen LogP contribution in [0.25, 0.3) is 0 Å². The van der Waals surface area contributed by atoms with Gasteiger partial charge in [-0.25, -0.2) is 4.39 Å². The lowest BCUT2D eigenvalue weighted by molar-refractivity contribution is 0.0761. The summed E-state index contributed by atoms with van der Waals surface area (Å²) in [5.41, 5.74) is 0.882. The van der Waals surface area contributed by atoms with Crippen molar-refractivity contribution in [3.05, 3.63) is 76.5 Å². The van der Waals surface area contributed by atoms with Crippen LogP contribution in [0, 0.1) is 5.82 Å². The number of amides is 1. The van der Waals surface area contributed by atoms with E-state index in [0.717, 1.165) is 4.47 Å². The van der Waals surface area contributed by atoms with E-state index < -0.39 is 10.8 Å². The maximum atomic E-state index is 14.0. The minimum absolute atomic E-state index is 0.136. The van der Waals surface area contributed by atoms with Crippen molar-refractivity contribution in [2.75, 3.05) is 12.8 Å². The Morgan fingerprint density at radius 3 is 2.54 bits per heavy atom. The van der Waals surface area contributed by atoms with Crippen LogP contribution in [0.1, 0.15) is 15.9 Å². The van der Waals surface area contributed by atoms with Crippen LogP contribution in [-0.2, 0) is 17.3 Å². The Bertz CT molecular complexity index is 777. The van der Waals surface area contributed by atoms with Gasteiger partial charge in [-0.05, 0) is 42.5 Å². The fourth-order valence-electron chi connectivity index (χ4n) is 2.22. The van der Waals surface area contributed by atoms with E-state index in [1.165, 1.54) is 11.0 Å². The Morgan fingerprint density at radius 1 is 1.29 bits per heavy atom.